The van der Waals surface area contributed by atoms with Crippen LogP contribution in [-0.2, 0) is 11.3 Å². The molecule has 0 spiro atoms. The van der Waals surface area contributed by atoms with Crippen molar-refractivity contribution in [1.29, 1.82) is 0 Å². The van der Waals surface area contributed by atoms with E-state index in [-0.39, 0.29) is 17.8 Å². The third-order valence-corrected chi connectivity index (χ3v) is 5.07. The van der Waals surface area contributed by atoms with Crippen LogP contribution in [0.2, 0.25) is 5.02 Å². The molecule has 1 amide bonds. The Kier molecular flexibility index (Phi) is 6.12. The van der Waals surface area contributed by atoms with Crippen LogP contribution in [0.3, 0.4) is 0 Å². The maximum Gasteiger partial charge on any atom is 0.237 e. The van der Waals surface area contributed by atoms with Gasteiger partial charge in [-0.05, 0) is 48.9 Å². The number of hydrogen-bond acceptors (Lipinski definition) is 3. The van der Waals surface area contributed by atoms with Gasteiger partial charge < -0.3 is 10.2 Å². The highest BCUT2D eigenvalue weighted by molar-refractivity contribution is 6.30. The van der Waals surface area contributed by atoms with Gasteiger partial charge >= 0.3 is 0 Å². The molecule has 0 aliphatic carbocycles. The zero-order chi connectivity index (χ0) is 18.5. The van der Waals surface area contributed by atoms with Crippen LogP contribution in [0.15, 0.2) is 48.5 Å². The van der Waals surface area contributed by atoms with E-state index in [4.69, 9.17) is 11.6 Å². The maximum absolute atomic E-state index is 12.9. The number of hydrogen-bond donors (Lipinski definition) is 1. The van der Waals surface area contributed by atoms with Crippen molar-refractivity contribution in [3.05, 3.63) is 64.9 Å². The van der Waals surface area contributed by atoms with Gasteiger partial charge in [0.2, 0.25) is 5.91 Å². The Labute approximate surface area is 158 Å². The summed E-state index contributed by atoms with van der Waals surface area (Å²) in [4.78, 5) is 16.9. The van der Waals surface area contributed by atoms with Crippen LogP contribution in [-0.4, -0.2) is 43.0 Å². The lowest BCUT2D eigenvalue weighted by atomic mass is 10.2. The summed E-state index contributed by atoms with van der Waals surface area (Å²) in [5, 5.41) is 3.67. The van der Waals surface area contributed by atoms with Gasteiger partial charge in [0.15, 0.2) is 0 Å². The fourth-order valence-corrected chi connectivity index (χ4v) is 3.25. The minimum absolute atomic E-state index is 0.00531. The molecule has 1 N–H and O–H groups in total. The van der Waals surface area contributed by atoms with Crippen molar-refractivity contribution in [2.24, 2.45) is 0 Å². The zero-order valence-electron chi connectivity index (χ0n) is 14.8. The van der Waals surface area contributed by atoms with Crippen molar-refractivity contribution in [1.82, 2.24) is 10.2 Å². The quantitative estimate of drug-likeness (QED) is 0.870. The van der Waals surface area contributed by atoms with Gasteiger partial charge in [0.1, 0.15) is 5.82 Å². The molecule has 2 aromatic carbocycles. The van der Waals surface area contributed by atoms with Crippen LogP contribution >= 0.6 is 11.6 Å². The molecule has 0 aromatic heterocycles. The topological polar surface area (TPSA) is 35.6 Å². The second-order valence-electron chi connectivity index (χ2n) is 6.52. The molecular formula is C20H23ClFN3O. The molecule has 138 valence electrons. The van der Waals surface area contributed by atoms with Gasteiger partial charge in [0, 0.05) is 43.4 Å². The number of piperazine rings is 1. The SMILES string of the molecule is C[C@H](C(=O)NCc1ccc(F)cc1)N1CCN(c2ccc(Cl)cc2)CC1. The molecule has 0 bridgehead atoms. The Hall–Kier alpha value is -2.11. The van der Waals surface area contributed by atoms with Gasteiger partial charge in [-0.3, -0.25) is 9.69 Å². The lowest BCUT2D eigenvalue weighted by molar-refractivity contribution is -0.126. The monoisotopic (exact) mass is 375 g/mol. The highest BCUT2D eigenvalue weighted by Crippen LogP contribution is 2.20. The molecule has 1 atom stereocenters. The van der Waals surface area contributed by atoms with Gasteiger partial charge in [-0.2, -0.15) is 0 Å². The van der Waals surface area contributed by atoms with Gasteiger partial charge in [-0.1, -0.05) is 23.7 Å². The fraction of sp³-hybridized carbons (Fsp3) is 0.350. The van der Waals surface area contributed by atoms with Crippen LogP contribution in [0.5, 0.6) is 0 Å². The summed E-state index contributed by atoms with van der Waals surface area (Å²) >= 11 is 5.94. The molecule has 6 heteroatoms. The Balaban J connectivity index is 1.48. The molecule has 3 rings (SSSR count). The van der Waals surface area contributed by atoms with E-state index in [0.29, 0.717) is 6.54 Å². The fourth-order valence-electron chi connectivity index (χ4n) is 3.12. The highest BCUT2D eigenvalue weighted by atomic mass is 35.5. The first-order valence-corrected chi connectivity index (χ1v) is 9.17. The van der Waals surface area contributed by atoms with Crippen molar-refractivity contribution < 1.29 is 9.18 Å². The number of benzene rings is 2. The summed E-state index contributed by atoms with van der Waals surface area (Å²) in [7, 11) is 0. The van der Waals surface area contributed by atoms with E-state index in [2.05, 4.69) is 15.1 Å². The van der Waals surface area contributed by atoms with Crippen molar-refractivity contribution >= 4 is 23.2 Å². The first kappa shape index (κ1) is 18.7. The highest BCUT2D eigenvalue weighted by Gasteiger charge is 2.25. The minimum Gasteiger partial charge on any atom is -0.369 e. The minimum atomic E-state index is -0.271. The molecule has 1 aliphatic rings. The molecule has 1 aliphatic heterocycles. The van der Waals surface area contributed by atoms with Crippen LogP contribution < -0.4 is 10.2 Å². The summed E-state index contributed by atoms with van der Waals surface area (Å²) in [5.41, 5.74) is 2.04. The Bertz CT molecular complexity index is 728. The van der Waals surface area contributed by atoms with Gasteiger partial charge in [0.05, 0.1) is 6.04 Å². The molecule has 0 saturated carbocycles. The lowest BCUT2D eigenvalue weighted by Crippen LogP contribution is -2.53. The summed E-state index contributed by atoms with van der Waals surface area (Å²) in [6.07, 6.45) is 0. The number of rotatable bonds is 5. The molecule has 0 unspecified atom stereocenters. The van der Waals surface area contributed by atoms with Gasteiger partial charge in [-0.25, -0.2) is 4.39 Å². The zero-order valence-corrected chi connectivity index (χ0v) is 15.5. The Morgan fingerprint density at radius 3 is 2.31 bits per heavy atom. The van der Waals surface area contributed by atoms with Crippen molar-refractivity contribution in [2.75, 3.05) is 31.1 Å². The summed E-state index contributed by atoms with van der Waals surface area (Å²) in [6, 6.07) is 13.8. The van der Waals surface area contributed by atoms with E-state index >= 15 is 0 Å². The molecule has 26 heavy (non-hydrogen) atoms. The van der Waals surface area contributed by atoms with E-state index in [1.54, 1.807) is 12.1 Å². The van der Waals surface area contributed by atoms with E-state index in [0.717, 1.165) is 42.5 Å². The number of nitrogens with zero attached hydrogens (tertiary/aromatic N) is 2. The molecule has 2 aromatic rings. The largest absolute Gasteiger partial charge is 0.369 e. The third kappa shape index (κ3) is 4.74. The number of carbonyl (C=O) groups excluding carboxylic acids is 1. The van der Waals surface area contributed by atoms with Crippen LogP contribution in [0.1, 0.15) is 12.5 Å². The summed E-state index contributed by atoms with van der Waals surface area (Å²) in [5.74, 6) is -0.277. The number of nitrogens with one attached hydrogen (secondary N) is 1. The molecule has 0 radical (unpaired) electrons. The average molecular weight is 376 g/mol. The standard InChI is InChI=1S/C20H23ClFN3O/c1-15(20(26)23-14-16-2-6-18(22)7-3-16)24-10-12-25(13-11-24)19-8-4-17(21)5-9-19/h2-9,15H,10-14H2,1H3,(H,23,26)/t15-/m1/s1. The van der Waals surface area contributed by atoms with Crippen LogP contribution in [0.25, 0.3) is 0 Å². The number of amides is 1. The molecule has 1 heterocycles. The second-order valence-corrected chi connectivity index (χ2v) is 6.96. The van der Waals surface area contributed by atoms with Crippen LogP contribution in [0, 0.1) is 5.82 Å². The first-order valence-electron chi connectivity index (χ1n) is 8.79. The van der Waals surface area contributed by atoms with Gasteiger partial charge in [0.25, 0.3) is 0 Å². The molecule has 4 nitrogen and oxygen atoms in total. The second kappa shape index (κ2) is 8.52. The van der Waals surface area contributed by atoms with Crippen molar-refractivity contribution in [3.63, 3.8) is 0 Å². The maximum atomic E-state index is 12.9. The normalized spacial score (nSPS) is 16.3. The molecular weight excluding hydrogens is 353 g/mol. The smallest absolute Gasteiger partial charge is 0.237 e. The number of anilines is 1. The third-order valence-electron chi connectivity index (χ3n) is 4.81. The predicted octanol–water partition coefficient (Wildman–Crippen LogP) is 3.31. The van der Waals surface area contributed by atoms with Crippen LogP contribution in [0.4, 0.5) is 10.1 Å². The van der Waals surface area contributed by atoms with E-state index in [1.165, 1.54) is 12.1 Å². The van der Waals surface area contributed by atoms with Gasteiger partial charge in [-0.15, -0.1) is 0 Å². The Morgan fingerprint density at radius 1 is 1.08 bits per heavy atom. The van der Waals surface area contributed by atoms with E-state index in [9.17, 15) is 9.18 Å². The predicted molar refractivity (Wildman–Crippen MR) is 103 cm³/mol. The van der Waals surface area contributed by atoms with E-state index in [1.807, 2.05) is 31.2 Å². The van der Waals surface area contributed by atoms with E-state index < -0.39 is 0 Å². The Morgan fingerprint density at radius 2 is 1.69 bits per heavy atom. The lowest BCUT2D eigenvalue weighted by Gasteiger charge is -2.38. The molecule has 1 fully saturated rings. The number of carbonyl (C=O) groups is 1. The van der Waals surface area contributed by atoms with Crippen molar-refractivity contribution in [2.45, 2.75) is 19.5 Å². The first-order chi connectivity index (χ1) is 12.5. The number of halogens is 2. The molecule has 1 saturated heterocycles. The summed E-state index contributed by atoms with van der Waals surface area (Å²) in [6.45, 7) is 5.74. The van der Waals surface area contributed by atoms with Crippen molar-refractivity contribution in [3.8, 4) is 0 Å². The average Bonchev–Trinajstić information content (AvgIpc) is 2.67. The summed E-state index contributed by atoms with van der Waals surface area (Å²) < 4.78 is 12.9.